The molecule has 0 bridgehead atoms. The summed E-state index contributed by atoms with van der Waals surface area (Å²) in [6.45, 7) is 8.39. The molecule has 0 fully saturated rings. The molecule has 0 aliphatic heterocycles. The molecule has 0 aliphatic rings. The Morgan fingerprint density at radius 3 is 1.29 bits per heavy atom. The fraction of sp³-hybridized carbons (Fsp3) is 1.00. The van der Waals surface area contributed by atoms with Crippen molar-refractivity contribution >= 4 is 7.12 Å². The first kappa shape index (κ1) is 21.0. The molecule has 126 valence electrons. The molecule has 0 aliphatic carbocycles. The Kier molecular flexibility index (Phi) is 18.0. The minimum atomic E-state index is 0.0243. The van der Waals surface area contributed by atoms with E-state index in [1.54, 1.807) is 0 Å². The van der Waals surface area contributed by atoms with Gasteiger partial charge in [0.1, 0.15) is 0 Å². The molecule has 0 N–H and O–H groups in total. The molecule has 0 heterocycles. The van der Waals surface area contributed by atoms with Crippen LogP contribution in [0.15, 0.2) is 0 Å². The topological polar surface area (TPSA) is 18.5 Å². The predicted molar refractivity (Wildman–Crippen MR) is 94.9 cm³/mol. The van der Waals surface area contributed by atoms with Crippen LogP contribution in [0.5, 0.6) is 0 Å². The van der Waals surface area contributed by atoms with Gasteiger partial charge >= 0.3 is 7.12 Å². The molecule has 0 rings (SSSR count). The van der Waals surface area contributed by atoms with Crippen LogP contribution in [0, 0.1) is 0 Å². The van der Waals surface area contributed by atoms with Crippen LogP contribution in [0.4, 0.5) is 0 Å². The maximum atomic E-state index is 5.82. The van der Waals surface area contributed by atoms with Gasteiger partial charge in [-0.2, -0.15) is 0 Å². The van der Waals surface area contributed by atoms with E-state index in [2.05, 4.69) is 20.8 Å². The van der Waals surface area contributed by atoms with Gasteiger partial charge in [-0.1, -0.05) is 85.0 Å². The highest BCUT2D eigenvalue weighted by Crippen LogP contribution is 2.08. The fourth-order valence-electron chi connectivity index (χ4n) is 2.48. The van der Waals surface area contributed by atoms with Gasteiger partial charge in [0.25, 0.3) is 0 Å². The minimum Gasteiger partial charge on any atom is -0.411 e. The van der Waals surface area contributed by atoms with Crippen molar-refractivity contribution < 1.29 is 9.31 Å². The molecular formula is C18H39BO2. The van der Waals surface area contributed by atoms with E-state index < -0.39 is 0 Å². The second-order valence-electron chi connectivity index (χ2n) is 6.11. The Balaban J connectivity index is 3.29. The third-order valence-corrected chi connectivity index (χ3v) is 3.94. The van der Waals surface area contributed by atoms with E-state index in [4.69, 9.17) is 9.31 Å². The molecule has 0 spiro atoms. The molecule has 0 saturated carbocycles. The quantitative estimate of drug-likeness (QED) is 0.233. The summed E-state index contributed by atoms with van der Waals surface area (Å²) >= 11 is 0. The van der Waals surface area contributed by atoms with E-state index in [0.29, 0.717) is 0 Å². The Morgan fingerprint density at radius 1 is 0.524 bits per heavy atom. The van der Waals surface area contributed by atoms with Gasteiger partial charge in [-0.3, -0.25) is 0 Å². The van der Waals surface area contributed by atoms with Gasteiger partial charge < -0.3 is 9.31 Å². The molecule has 0 radical (unpaired) electrons. The molecule has 2 nitrogen and oxygen atoms in total. The second-order valence-corrected chi connectivity index (χ2v) is 6.11. The Hall–Kier alpha value is -0.0151. The molecular weight excluding hydrogens is 259 g/mol. The summed E-state index contributed by atoms with van der Waals surface area (Å²) in [6.07, 6.45) is 16.8. The zero-order chi connectivity index (χ0) is 15.6. The summed E-state index contributed by atoms with van der Waals surface area (Å²) in [7, 11) is 0.0243. The van der Waals surface area contributed by atoms with Crippen molar-refractivity contribution in [2.45, 2.75) is 104 Å². The van der Waals surface area contributed by atoms with Gasteiger partial charge in [-0.25, -0.2) is 0 Å². The van der Waals surface area contributed by atoms with Crippen molar-refractivity contribution in [3.8, 4) is 0 Å². The fourth-order valence-corrected chi connectivity index (χ4v) is 2.48. The van der Waals surface area contributed by atoms with Gasteiger partial charge in [-0.15, -0.1) is 0 Å². The smallest absolute Gasteiger partial charge is 0.411 e. The van der Waals surface area contributed by atoms with E-state index in [1.165, 1.54) is 77.0 Å². The van der Waals surface area contributed by atoms with Crippen LogP contribution in [-0.4, -0.2) is 20.3 Å². The summed E-state index contributed by atoms with van der Waals surface area (Å²) in [5, 5.41) is 0. The standard InChI is InChI=1S/C18H39BO2/c1-4-7-9-11-13-15-17-20-19(6-3)21-18-16-14-12-10-8-5-2/h4-18H2,1-3H3. The van der Waals surface area contributed by atoms with Crippen LogP contribution < -0.4 is 0 Å². The first-order valence-corrected chi connectivity index (χ1v) is 9.58. The Labute approximate surface area is 134 Å². The zero-order valence-electron chi connectivity index (χ0n) is 15.0. The third kappa shape index (κ3) is 16.2. The summed E-state index contributed by atoms with van der Waals surface area (Å²) in [6, 6.07) is 0. The molecule has 0 unspecified atom stereocenters. The number of rotatable bonds is 17. The summed E-state index contributed by atoms with van der Waals surface area (Å²) in [5.74, 6) is 0. The van der Waals surface area contributed by atoms with Crippen LogP contribution in [0.2, 0.25) is 6.32 Å². The monoisotopic (exact) mass is 298 g/mol. The van der Waals surface area contributed by atoms with Crippen molar-refractivity contribution in [3.63, 3.8) is 0 Å². The molecule has 3 heteroatoms. The Morgan fingerprint density at radius 2 is 0.905 bits per heavy atom. The van der Waals surface area contributed by atoms with Gasteiger partial charge in [0.2, 0.25) is 0 Å². The van der Waals surface area contributed by atoms with Crippen LogP contribution in [0.1, 0.15) is 97.8 Å². The number of hydrogen-bond donors (Lipinski definition) is 0. The van der Waals surface area contributed by atoms with Crippen molar-refractivity contribution in [2.75, 3.05) is 13.2 Å². The lowest BCUT2D eigenvalue weighted by Gasteiger charge is -2.13. The van der Waals surface area contributed by atoms with Gasteiger partial charge in [0.05, 0.1) is 0 Å². The van der Waals surface area contributed by atoms with E-state index in [0.717, 1.165) is 19.5 Å². The molecule has 21 heavy (non-hydrogen) atoms. The Bertz CT molecular complexity index is 170. The summed E-state index contributed by atoms with van der Waals surface area (Å²) in [5.41, 5.74) is 0. The summed E-state index contributed by atoms with van der Waals surface area (Å²) in [4.78, 5) is 0. The highest BCUT2D eigenvalue weighted by atomic mass is 16.6. The molecule has 0 atom stereocenters. The molecule has 0 amide bonds. The molecule has 0 aromatic carbocycles. The third-order valence-electron chi connectivity index (χ3n) is 3.94. The van der Waals surface area contributed by atoms with Crippen LogP contribution in [-0.2, 0) is 9.31 Å². The zero-order valence-corrected chi connectivity index (χ0v) is 15.0. The van der Waals surface area contributed by atoms with Crippen LogP contribution in [0.25, 0.3) is 0 Å². The molecule has 0 aromatic rings. The normalized spacial score (nSPS) is 11.0. The lowest BCUT2D eigenvalue weighted by molar-refractivity contribution is 0.190. The first-order chi connectivity index (χ1) is 10.3. The van der Waals surface area contributed by atoms with Crippen molar-refractivity contribution in [1.29, 1.82) is 0 Å². The molecule has 0 aromatic heterocycles. The van der Waals surface area contributed by atoms with E-state index in [9.17, 15) is 0 Å². The largest absolute Gasteiger partial charge is 0.456 e. The van der Waals surface area contributed by atoms with Crippen LogP contribution in [0.3, 0.4) is 0 Å². The van der Waals surface area contributed by atoms with Crippen molar-refractivity contribution in [2.24, 2.45) is 0 Å². The predicted octanol–water partition coefficient (Wildman–Crippen LogP) is 6.25. The van der Waals surface area contributed by atoms with Gasteiger partial charge in [0, 0.05) is 13.2 Å². The highest BCUT2D eigenvalue weighted by Gasteiger charge is 2.14. The van der Waals surface area contributed by atoms with E-state index >= 15 is 0 Å². The van der Waals surface area contributed by atoms with Gasteiger partial charge in [-0.05, 0) is 19.2 Å². The van der Waals surface area contributed by atoms with Crippen LogP contribution >= 0.6 is 0 Å². The first-order valence-electron chi connectivity index (χ1n) is 9.58. The highest BCUT2D eigenvalue weighted by molar-refractivity contribution is 6.44. The SMILES string of the molecule is CCCCCCCCOB(CC)OCCCCCCCC. The van der Waals surface area contributed by atoms with Crippen molar-refractivity contribution in [1.82, 2.24) is 0 Å². The average Bonchev–Trinajstić information content (AvgIpc) is 2.51. The summed E-state index contributed by atoms with van der Waals surface area (Å²) < 4.78 is 11.6. The maximum Gasteiger partial charge on any atom is 0.456 e. The van der Waals surface area contributed by atoms with Gasteiger partial charge in [0.15, 0.2) is 0 Å². The van der Waals surface area contributed by atoms with E-state index in [-0.39, 0.29) is 7.12 Å². The average molecular weight is 298 g/mol. The maximum absolute atomic E-state index is 5.82. The lowest BCUT2D eigenvalue weighted by Crippen LogP contribution is -2.23. The molecule has 0 saturated heterocycles. The second kappa shape index (κ2) is 18.0. The lowest BCUT2D eigenvalue weighted by atomic mass is 9.86. The van der Waals surface area contributed by atoms with E-state index in [1.807, 2.05) is 0 Å². The number of unbranched alkanes of at least 4 members (excludes halogenated alkanes) is 10. The number of hydrogen-bond acceptors (Lipinski definition) is 2. The van der Waals surface area contributed by atoms with Crippen molar-refractivity contribution in [3.05, 3.63) is 0 Å². The minimum absolute atomic E-state index is 0.0243.